The Morgan fingerprint density at radius 1 is 1.09 bits per heavy atom. The third-order valence-electron chi connectivity index (χ3n) is 6.09. The van der Waals surface area contributed by atoms with E-state index in [1.165, 1.54) is 5.56 Å². The molecule has 0 radical (unpaired) electrons. The van der Waals surface area contributed by atoms with Gasteiger partial charge in [-0.05, 0) is 56.5 Å². The summed E-state index contributed by atoms with van der Waals surface area (Å²) in [7, 11) is 0. The van der Waals surface area contributed by atoms with E-state index in [9.17, 15) is 4.79 Å². The standard InChI is InChI=1S/C28H33NO6/c1-5-19-8-10-20(11-9-19)27-29-23(18(4)35-27)17-34-24-13-12-21(26-22(24)14-15-33-26)16-25(31-6-2)28(30)32-7-3/h8-13,25H,5-7,14-17H2,1-4H3. The molecule has 1 aliphatic rings. The molecule has 35 heavy (non-hydrogen) atoms. The van der Waals surface area contributed by atoms with E-state index in [2.05, 4.69) is 24.0 Å². The van der Waals surface area contributed by atoms with E-state index in [1.54, 1.807) is 6.92 Å². The van der Waals surface area contributed by atoms with Crippen molar-refractivity contribution in [3.8, 4) is 23.0 Å². The molecule has 2 aromatic carbocycles. The van der Waals surface area contributed by atoms with Gasteiger partial charge < -0.3 is 23.4 Å². The number of benzene rings is 2. The predicted octanol–water partition coefficient (Wildman–Crippen LogP) is 5.24. The average molecular weight is 480 g/mol. The summed E-state index contributed by atoms with van der Waals surface area (Å²) in [5, 5.41) is 0. The molecule has 3 aromatic rings. The normalized spacial score (nSPS) is 13.3. The Balaban J connectivity index is 1.48. The smallest absolute Gasteiger partial charge is 0.335 e. The van der Waals surface area contributed by atoms with Gasteiger partial charge in [0, 0.05) is 30.6 Å². The third kappa shape index (κ3) is 5.68. The second-order valence-electron chi connectivity index (χ2n) is 8.39. The number of ether oxygens (including phenoxy) is 4. The Morgan fingerprint density at radius 2 is 1.89 bits per heavy atom. The number of fused-ring (bicyclic) bond motifs is 1. The largest absolute Gasteiger partial charge is 0.493 e. The van der Waals surface area contributed by atoms with Crippen molar-refractivity contribution in [2.75, 3.05) is 19.8 Å². The molecule has 7 nitrogen and oxygen atoms in total. The van der Waals surface area contributed by atoms with Gasteiger partial charge in [0.25, 0.3) is 0 Å². The lowest BCUT2D eigenvalue weighted by Crippen LogP contribution is -2.29. The van der Waals surface area contributed by atoms with Crippen LogP contribution >= 0.6 is 0 Å². The number of nitrogens with zero attached hydrogens (tertiary/aromatic N) is 1. The first-order valence-electron chi connectivity index (χ1n) is 12.3. The minimum Gasteiger partial charge on any atom is -0.493 e. The Kier molecular flexibility index (Phi) is 8.08. The van der Waals surface area contributed by atoms with Crippen molar-refractivity contribution in [3.05, 3.63) is 64.5 Å². The molecular formula is C28H33NO6. The number of rotatable bonds is 11. The summed E-state index contributed by atoms with van der Waals surface area (Å²) in [6.07, 6.45) is 1.45. The van der Waals surface area contributed by atoms with Gasteiger partial charge in [0.05, 0.1) is 13.2 Å². The molecule has 2 heterocycles. The molecule has 1 unspecified atom stereocenters. The average Bonchev–Trinajstić information content (AvgIpc) is 3.51. The van der Waals surface area contributed by atoms with E-state index in [0.717, 1.165) is 52.5 Å². The molecule has 0 spiro atoms. The van der Waals surface area contributed by atoms with Gasteiger partial charge >= 0.3 is 5.97 Å². The number of hydrogen-bond donors (Lipinski definition) is 0. The highest BCUT2D eigenvalue weighted by Crippen LogP contribution is 2.38. The molecule has 0 bridgehead atoms. The highest BCUT2D eigenvalue weighted by Gasteiger charge is 2.27. The molecule has 0 saturated carbocycles. The Morgan fingerprint density at radius 3 is 2.60 bits per heavy atom. The van der Waals surface area contributed by atoms with Crippen molar-refractivity contribution < 1.29 is 28.2 Å². The van der Waals surface area contributed by atoms with Crippen LogP contribution in [-0.4, -0.2) is 36.9 Å². The van der Waals surface area contributed by atoms with Gasteiger partial charge in [-0.1, -0.05) is 25.1 Å². The number of aryl methyl sites for hydroxylation is 2. The summed E-state index contributed by atoms with van der Waals surface area (Å²) in [4.78, 5) is 17.0. The summed E-state index contributed by atoms with van der Waals surface area (Å²) in [6, 6.07) is 12.1. The van der Waals surface area contributed by atoms with Gasteiger partial charge in [-0.25, -0.2) is 9.78 Å². The van der Waals surface area contributed by atoms with Crippen LogP contribution in [0.4, 0.5) is 0 Å². The molecule has 0 N–H and O–H groups in total. The second-order valence-corrected chi connectivity index (χ2v) is 8.39. The van der Waals surface area contributed by atoms with E-state index in [1.807, 2.05) is 38.1 Å². The molecule has 7 heteroatoms. The summed E-state index contributed by atoms with van der Waals surface area (Å²) < 4.78 is 28.8. The Hall–Kier alpha value is -3.32. The van der Waals surface area contributed by atoms with Crippen LogP contribution in [0, 0.1) is 6.92 Å². The Labute approximate surface area is 206 Å². The molecule has 0 aliphatic carbocycles. The molecule has 1 aliphatic heterocycles. The molecule has 1 atom stereocenters. The van der Waals surface area contributed by atoms with Crippen molar-refractivity contribution in [2.24, 2.45) is 0 Å². The number of aromatic nitrogens is 1. The zero-order chi connectivity index (χ0) is 24.8. The van der Waals surface area contributed by atoms with Crippen molar-refractivity contribution in [2.45, 2.75) is 59.7 Å². The van der Waals surface area contributed by atoms with Gasteiger partial charge in [0.2, 0.25) is 5.89 Å². The fourth-order valence-electron chi connectivity index (χ4n) is 4.19. The molecule has 4 rings (SSSR count). The van der Waals surface area contributed by atoms with Crippen LogP contribution in [0.5, 0.6) is 11.5 Å². The van der Waals surface area contributed by atoms with Crippen LogP contribution < -0.4 is 9.47 Å². The fraction of sp³-hybridized carbons (Fsp3) is 0.429. The number of oxazole rings is 1. The second kappa shape index (κ2) is 11.4. The summed E-state index contributed by atoms with van der Waals surface area (Å²) >= 11 is 0. The van der Waals surface area contributed by atoms with E-state index >= 15 is 0 Å². The van der Waals surface area contributed by atoms with Crippen LogP contribution in [0.2, 0.25) is 0 Å². The van der Waals surface area contributed by atoms with Gasteiger partial charge in [0.15, 0.2) is 6.10 Å². The van der Waals surface area contributed by atoms with Crippen LogP contribution in [0.3, 0.4) is 0 Å². The van der Waals surface area contributed by atoms with E-state index < -0.39 is 6.10 Å². The first-order valence-corrected chi connectivity index (χ1v) is 12.3. The summed E-state index contributed by atoms with van der Waals surface area (Å²) in [5.41, 5.74) is 4.88. The third-order valence-corrected chi connectivity index (χ3v) is 6.09. The molecule has 0 amide bonds. The molecule has 0 fully saturated rings. The maximum Gasteiger partial charge on any atom is 0.335 e. The van der Waals surface area contributed by atoms with E-state index in [0.29, 0.717) is 38.7 Å². The van der Waals surface area contributed by atoms with Gasteiger partial charge in [-0.15, -0.1) is 0 Å². The monoisotopic (exact) mass is 479 g/mol. The first-order chi connectivity index (χ1) is 17.0. The van der Waals surface area contributed by atoms with Crippen LogP contribution in [0.1, 0.15) is 48.9 Å². The maximum atomic E-state index is 12.3. The SMILES string of the molecule is CCOC(=O)C(Cc1ccc(OCc2nc(-c3ccc(CC)cc3)oc2C)c2c1OCC2)OCC. The summed E-state index contributed by atoms with van der Waals surface area (Å²) in [5.74, 6) is 2.49. The van der Waals surface area contributed by atoms with Crippen molar-refractivity contribution in [1.82, 2.24) is 4.98 Å². The van der Waals surface area contributed by atoms with Crippen LogP contribution in [0.15, 0.2) is 40.8 Å². The number of esters is 1. The van der Waals surface area contributed by atoms with E-state index in [-0.39, 0.29) is 5.97 Å². The predicted molar refractivity (Wildman–Crippen MR) is 132 cm³/mol. The topological polar surface area (TPSA) is 80.0 Å². The fourth-order valence-corrected chi connectivity index (χ4v) is 4.19. The van der Waals surface area contributed by atoms with Crippen molar-refractivity contribution >= 4 is 5.97 Å². The lowest BCUT2D eigenvalue weighted by molar-refractivity contribution is -0.156. The van der Waals surface area contributed by atoms with Crippen LogP contribution in [-0.2, 0) is 40.1 Å². The molecular weight excluding hydrogens is 446 g/mol. The highest BCUT2D eigenvalue weighted by molar-refractivity contribution is 5.75. The highest BCUT2D eigenvalue weighted by atomic mass is 16.6. The van der Waals surface area contributed by atoms with Gasteiger partial charge in [0.1, 0.15) is 29.6 Å². The minimum atomic E-state index is -0.664. The number of carbonyl (C=O) groups is 1. The maximum absolute atomic E-state index is 12.3. The number of hydrogen-bond acceptors (Lipinski definition) is 7. The lowest BCUT2D eigenvalue weighted by Gasteiger charge is -2.18. The minimum absolute atomic E-state index is 0.290. The zero-order valence-electron chi connectivity index (χ0n) is 20.9. The van der Waals surface area contributed by atoms with Gasteiger partial charge in [-0.2, -0.15) is 0 Å². The van der Waals surface area contributed by atoms with Crippen LogP contribution in [0.25, 0.3) is 11.5 Å². The summed E-state index contributed by atoms with van der Waals surface area (Å²) in [6.45, 7) is 9.28. The Bertz CT molecular complexity index is 1150. The van der Waals surface area contributed by atoms with Gasteiger partial charge in [-0.3, -0.25) is 0 Å². The quantitative estimate of drug-likeness (QED) is 0.348. The zero-order valence-corrected chi connectivity index (χ0v) is 20.9. The first kappa shape index (κ1) is 24.8. The van der Waals surface area contributed by atoms with Crippen molar-refractivity contribution in [1.29, 1.82) is 0 Å². The molecule has 0 saturated heterocycles. The van der Waals surface area contributed by atoms with E-state index in [4.69, 9.17) is 23.4 Å². The lowest BCUT2D eigenvalue weighted by atomic mass is 10.0. The van der Waals surface area contributed by atoms with Crippen molar-refractivity contribution in [3.63, 3.8) is 0 Å². The molecule has 1 aromatic heterocycles. The number of carbonyl (C=O) groups excluding carboxylic acids is 1. The molecule has 186 valence electrons.